The van der Waals surface area contributed by atoms with Gasteiger partial charge in [0.15, 0.2) is 0 Å². The minimum atomic E-state index is -5.10. The third-order valence-electron chi connectivity index (χ3n) is 7.84. The zero-order chi connectivity index (χ0) is 48.4. The van der Waals surface area contributed by atoms with E-state index in [1.807, 2.05) is 0 Å². The molecular formula is C39H28BrF18NO4. The highest BCUT2D eigenvalue weighted by Crippen LogP contribution is 2.42. The minimum absolute atomic E-state index is 0.0165. The van der Waals surface area contributed by atoms with E-state index in [-0.39, 0.29) is 32.3 Å². The van der Waals surface area contributed by atoms with E-state index < -0.39 is 96.9 Å². The molecular weight excluding hydrogens is 968 g/mol. The normalized spacial score (nSPS) is 12.3. The molecule has 0 aliphatic heterocycles. The molecule has 4 N–H and O–H groups in total. The molecule has 5 rings (SSSR count). The Hall–Kier alpha value is -4.91. The number of aliphatic hydroxyl groups is 4. The average molecular weight is 997 g/mol. The molecule has 0 atom stereocenters. The Kier molecular flexibility index (Phi) is 18.6. The summed E-state index contributed by atoms with van der Waals surface area (Å²) >= 11 is 2.79. The van der Waals surface area contributed by atoms with Gasteiger partial charge in [0, 0.05) is 16.9 Å². The molecule has 1 aromatic heterocycles. The lowest BCUT2D eigenvalue weighted by Crippen LogP contribution is -2.16. The van der Waals surface area contributed by atoms with Crippen molar-refractivity contribution in [3.05, 3.63) is 157 Å². The first kappa shape index (κ1) is 54.2. The molecule has 0 amide bonds. The molecule has 0 bridgehead atoms. The van der Waals surface area contributed by atoms with Crippen LogP contribution in [0.25, 0.3) is 11.1 Å². The Balaban J connectivity index is 0.000000291. The van der Waals surface area contributed by atoms with Gasteiger partial charge in [0.05, 0.1) is 59.8 Å². The fourth-order valence-electron chi connectivity index (χ4n) is 4.94. The summed E-state index contributed by atoms with van der Waals surface area (Å²) in [6.45, 7) is -2.31. The van der Waals surface area contributed by atoms with Crippen LogP contribution < -0.4 is 0 Å². The molecule has 63 heavy (non-hydrogen) atoms. The lowest BCUT2D eigenvalue weighted by molar-refractivity contribution is -0.162. The number of alkyl halides is 18. The Morgan fingerprint density at radius 1 is 0.349 bits per heavy atom. The maximum absolute atomic E-state index is 13.0. The second-order valence-corrected chi connectivity index (χ2v) is 13.2. The molecule has 1 heterocycles. The standard InChI is InChI=1S/C13H10F3NO.2C9H6F6O.C8H6BrF3O/c14-13(15,16)12-7-9(8-18)1-2-11(12)10-3-5-17-6-4-10;2*10-8(11,12)6-2-1-5(4-16)3-7(6)9(13,14)15;9-7-2-1-5(4-13)3-6(7)8(10,11)12/h1-7,18H,8H2;2*1-3,16H,4H2;1-3,13H,4H2. The summed E-state index contributed by atoms with van der Waals surface area (Å²) in [5.41, 5.74) is -8.02. The summed E-state index contributed by atoms with van der Waals surface area (Å²) in [4.78, 5) is 3.78. The Labute approximate surface area is 352 Å². The first-order valence-corrected chi connectivity index (χ1v) is 17.5. The van der Waals surface area contributed by atoms with Gasteiger partial charge in [-0.25, -0.2) is 0 Å². The number of benzene rings is 4. The number of pyridine rings is 1. The van der Waals surface area contributed by atoms with Crippen LogP contribution in [0.5, 0.6) is 0 Å². The number of rotatable bonds is 5. The molecule has 5 nitrogen and oxygen atoms in total. The zero-order valence-corrected chi connectivity index (χ0v) is 32.6. The van der Waals surface area contributed by atoms with Crippen molar-refractivity contribution < 1.29 is 99.5 Å². The van der Waals surface area contributed by atoms with Crippen molar-refractivity contribution in [3.63, 3.8) is 0 Å². The molecule has 0 radical (unpaired) electrons. The number of hydrogen-bond acceptors (Lipinski definition) is 5. The molecule has 0 spiro atoms. The van der Waals surface area contributed by atoms with Crippen LogP contribution in [0.3, 0.4) is 0 Å². The van der Waals surface area contributed by atoms with Crippen LogP contribution in [-0.2, 0) is 63.5 Å². The summed E-state index contributed by atoms with van der Waals surface area (Å²) in [6, 6.07) is 13.3. The van der Waals surface area contributed by atoms with Crippen LogP contribution in [0.2, 0.25) is 0 Å². The molecule has 0 fully saturated rings. The molecule has 0 aliphatic rings. The quantitative estimate of drug-likeness (QED) is 0.132. The van der Waals surface area contributed by atoms with Crippen molar-refractivity contribution in [2.45, 2.75) is 63.5 Å². The summed E-state index contributed by atoms with van der Waals surface area (Å²) in [5.74, 6) is 0. The molecule has 0 saturated heterocycles. The molecule has 0 aliphatic carbocycles. The predicted molar refractivity (Wildman–Crippen MR) is 190 cm³/mol. The Morgan fingerprint density at radius 2 is 0.635 bits per heavy atom. The van der Waals surface area contributed by atoms with E-state index in [4.69, 9.17) is 20.4 Å². The molecule has 346 valence electrons. The van der Waals surface area contributed by atoms with Crippen molar-refractivity contribution in [1.29, 1.82) is 0 Å². The molecule has 5 aromatic rings. The van der Waals surface area contributed by atoms with Gasteiger partial charge in [-0.05, 0) is 88.0 Å². The van der Waals surface area contributed by atoms with Crippen LogP contribution in [0.4, 0.5) is 79.0 Å². The lowest BCUT2D eigenvalue weighted by Gasteiger charge is -2.16. The summed E-state index contributed by atoms with van der Waals surface area (Å²) in [5, 5.41) is 34.7. The van der Waals surface area contributed by atoms with Crippen LogP contribution >= 0.6 is 15.9 Å². The lowest BCUT2D eigenvalue weighted by atomic mass is 9.98. The summed E-state index contributed by atoms with van der Waals surface area (Å²) in [6.07, 6.45) is -26.3. The Bertz CT molecular complexity index is 2160. The van der Waals surface area contributed by atoms with E-state index in [2.05, 4.69) is 20.9 Å². The van der Waals surface area contributed by atoms with Crippen LogP contribution in [0, 0.1) is 0 Å². The van der Waals surface area contributed by atoms with Crippen molar-refractivity contribution in [2.75, 3.05) is 0 Å². The second-order valence-electron chi connectivity index (χ2n) is 12.3. The largest absolute Gasteiger partial charge is 0.417 e. The number of halogens is 19. The van der Waals surface area contributed by atoms with E-state index in [9.17, 15) is 79.0 Å². The van der Waals surface area contributed by atoms with E-state index in [1.165, 1.54) is 48.8 Å². The Morgan fingerprint density at radius 3 is 0.952 bits per heavy atom. The average Bonchev–Trinajstić information content (AvgIpc) is 3.19. The van der Waals surface area contributed by atoms with Crippen molar-refractivity contribution in [2.24, 2.45) is 0 Å². The third-order valence-corrected chi connectivity index (χ3v) is 8.53. The van der Waals surface area contributed by atoms with E-state index in [0.29, 0.717) is 29.8 Å². The molecule has 0 saturated carbocycles. The number of aliphatic hydroxyl groups excluding tert-OH is 4. The van der Waals surface area contributed by atoms with E-state index in [0.717, 1.165) is 24.3 Å². The third kappa shape index (κ3) is 16.3. The van der Waals surface area contributed by atoms with Gasteiger partial charge in [0.25, 0.3) is 0 Å². The van der Waals surface area contributed by atoms with Gasteiger partial charge in [-0.1, -0.05) is 46.3 Å². The fraction of sp³-hybridized carbons (Fsp3) is 0.256. The van der Waals surface area contributed by atoms with Crippen molar-refractivity contribution in [1.82, 2.24) is 4.98 Å². The van der Waals surface area contributed by atoms with Crippen LogP contribution in [0.1, 0.15) is 55.6 Å². The maximum Gasteiger partial charge on any atom is 0.417 e. The molecule has 4 aromatic carbocycles. The first-order chi connectivity index (χ1) is 28.8. The predicted octanol–water partition coefficient (Wildman–Crippen LogP) is 12.7. The SMILES string of the molecule is OCc1ccc(-c2ccncc2)c(C(F)(F)F)c1.OCc1ccc(Br)c(C(F)(F)F)c1.OCc1ccc(C(F)(F)F)c(C(F)(F)F)c1.OCc1ccc(C(F)(F)F)c(C(F)(F)F)c1. The minimum Gasteiger partial charge on any atom is -0.392 e. The summed E-state index contributed by atoms with van der Waals surface area (Å²) < 4.78 is 223. The van der Waals surface area contributed by atoms with Gasteiger partial charge in [-0.15, -0.1) is 0 Å². The van der Waals surface area contributed by atoms with Crippen molar-refractivity contribution in [3.8, 4) is 11.1 Å². The van der Waals surface area contributed by atoms with Gasteiger partial charge in [0.1, 0.15) is 0 Å². The number of nitrogens with zero attached hydrogens (tertiary/aromatic N) is 1. The maximum atomic E-state index is 13.0. The van der Waals surface area contributed by atoms with E-state index in [1.54, 1.807) is 0 Å². The topological polar surface area (TPSA) is 93.8 Å². The van der Waals surface area contributed by atoms with Crippen molar-refractivity contribution >= 4 is 15.9 Å². The van der Waals surface area contributed by atoms with Gasteiger partial charge in [-0.3, -0.25) is 4.98 Å². The highest BCUT2D eigenvalue weighted by Gasteiger charge is 2.44. The smallest absolute Gasteiger partial charge is 0.392 e. The second kappa shape index (κ2) is 21.6. The number of aromatic nitrogens is 1. The molecule has 0 unspecified atom stereocenters. The first-order valence-electron chi connectivity index (χ1n) is 16.7. The van der Waals surface area contributed by atoms with Crippen LogP contribution in [-0.4, -0.2) is 25.4 Å². The highest BCUT2D eigenvalue weighted by molar-refractivity contribution is 9.10. The van der Waals surface area contributed by atoms with Gasteiger partial charge < -0.3 is 20.4 Å². The number of hydrogen-bond donors (Lipinski definition) is 4. The van der Waals surface area contributed by atoms with E-state index >= 15 is 0 Å². The van der Waals surface area contributed by atoms with Gasteiger partial charge in [0.2, 0.25) is 0 Å². The highest BCUT2D eigenvalue weighted by atomic mass is 79.9. The fourth-order valence-corrected chi connectivity index (χ4v) is 5.41. The van der Waals surface area contributed by atoms with Gasteiger partial charge in [-0.2, -0.15) is 79.0 Å². The van der Waals surface area contributed by atoms with Crippen LogP contribution in [0.15, 0.2) is 102 Å². The zero-order valence-electron chi connectivity index (χ0n) is 31.0. The summed E-state index contributed by atoms with van der Waals surface area (Å²) in [7, 11) is 0. The molecule has 24 heteroatoms. The van der Waals surface area contributed by atoms with Gasteiger partial charge >= 0.3 is 37.1 Å². The monoisotopic (exact) mass is 995 g/mol.